The number of ketones is 1. The molecule has 1 saturated heterocycles. The molecule has 2 heterocycles. The highest BCUT2D eigenvalue weighted by Gasteiger charge is 2.31. The molecule has 5 rings (SSSR count). The first-order chi connectivity index (χ1) is 20.3. The van der Waals surface area contributed by atoms with Gasteiger partial charge < -0.3 is 20.5 Å². The summed E-state index contributed by atoms with van der Waals surface area (Å²) in [5, 5.41) is 8.58. The fourth-order valence-electron chi connectivity index (χ4n) is 6.22. The molecule has 0 unspecified atom stereocenters. The topological polar surface area (TPSA) is 126 Å². The minimum absolute atomic E-state index is 0.0370. The molecule has 3 N–H and O–H groups in total. The predicted molar refractivity (Wildman–Crippen MR) is 155 cm³/mol. The molecule has 3 amide bonds. The second-order valence-electron chi connectivity index (χ2n) is 11.5. The standard InChI is InChI=1S/C32H37FN4O5/c33-24-12-10-20(11-13-24)17-27(37-16-4-8-26(32(37)42)36-30(40)21-5-1-2-6-21)31(41)35-25(18-22-7-3-9-28(22)38)19-23-14-15-34-29(23)39/h4,8,10-13,16,18,21,23,25,27H,1-3,5-7,9,14-15,17,19H2,(H,34,39)(H,35,41)(H,36,40)/b22-18+/t23-,25+,27-/m0/s1. The van der Waals surface area contributed by atoms with E-state index in [0.717, 1.165) is 32.1 Å². The summed E-state index contributed by atoms with van der Waals surface area (Å²) in [6, 6.07) is 7.21. The van der Waals surface area contributed by atoms with Crippen molar-refractivity contribution in [3.05, 3.63) is 76.0 Å². The van der Waals surface area contributed by atoms with Gasteiger partial charge in [0.25, 0.3) is 5.56 Å². The first-order valence-electron chi connectivity index (χ1n) is 14.9. The van der Waals surface area contributed by atoms with Gasteiger partial charge in [-0.2, -0.15) is 0 Å². The third-order valence-corrected chi connectivity index (χ3v) is 8.58. The van der Waals surface area contributed by atoms with Crippen molar-refractivity contribution in [1.29, 1.82) is 0 Å². The van der Waals surface area contributed by atoms with Gasteiger partial charge in [-0.3, -0.25) is 24.0 Å². The molecule has 42 heavy (non-hydrogen) atoms. The monoisotopic (exact) mass is 576 g/mol. The lowest BCUT2D eigenvalue weighted by molar-refractivity contribution is -0.126. The van der Waals surface area contributed by atoms with Gasteiger partial charge in [-0.1, -0.05) is 31.1 Å². The number of rotatable bonds is 10. The number of halogens is 1. The zero-order valence-corrected chi connectivity index (χ0v) is 23.6. The Morgan fingerprint density at radius 3 is 2.45 bits per heavy atom. The van der Waals surface area contributed by atoms with E-state index in [9.17, 15) is 28.4 Å². The average Bonchev–Trinajstić information content (AvgIpc) is 3.74. The molecule has 3 fully saturated rings. The van der Waals surface area contributed by atoms with Gasteiger partial charge >= 0.3 is 0 Å². The van der Waals surface area contributed by atoms with Crippen molar-refractivity contribution in [2.24, 2.45) is 11.8 Å². The number of nitrogens with one attached hydrogen (secondary N) is 3. The quantitative estimate of drug-likeness (QED) is 0.373. The van der Waals surface area contributed by atoms with Crippen LogP contribution in [-0.2, 0) is 25.6 Å². The van der Waals surface area contributed by atoms with Crippen molar-refractivity contribution in [3.63, 3.8) is 0 Å². The number of carbonyl (C=O) groups is 4. The third-order valence-electron chi connectivity index (χ3n) is 8.58. The Morgan fingerprint density at radius 2 is 1.79 bits per heavy atom. The van der Waals surface area contributed by atoms with E-state index in [4.69, 9.17) is 0 Å². The number of benzene rings is 1. The Labute approximate surface area is 243 Å². The van der Waals surface area contributed by atoms with Crippen LogP contribution in [0.2, 0.25) is 0 Å². The van der Waals surface area contributed by atoms with Crippen LogP contribution in [0.1, 0.15) is 69.4 Å². The maximum absolute atomic E-state index is 14.0. The van der Waals surface area contributed by atoms with Crippen LogP contribution in [-0.4, -0.2) is 40.7 Å². The van der Waals surface area contributed by atoms with Crippen LogP contribution < -0.4 is 21.5 Å². The van der Waals surface area contributed by atoms with E-state index in [0.29, 0.717) is 43.4 Å². The number of amides is 3. The van der Waals surface area contributed by atoms with Gasteiger partial charge in [-0.15, -0.1) is 0 Å². The lowest BCUT2D eigenvalue weighted by Crippen LogP contribution is -2.44. The molecule has 1 aromatic carbocycles. The maximum Gasteiger partial charge on any atom is 0.275 e. The van der Waals surface area contributed by atoms with Crippen LogP contribution in [0.5, 0.6) is 0 Å². The number of Topliss-reactive ketones (excluding diaryl/α,β-unsaturated/α-hetero) is 1. The molecule has 0 radical (unpaired) electrons. The number of hydrogen-bond donors (Lipinski definition) is 3. The molecule has 1 aromatic heterocycles. The van der Waals surface area contributed by atoms with Crippen LogP contribution in [0.25, 0.3) is 0 Å². The molecule has 10 heteroatoms. The highest BCUT2D eigenvalue weighted by atomic mass is 19.1. The molecule has 3 atom stereocenters. The number of hydrogen-bond acceptors (Lipinski definition) is 5. The van der Waals surface area contributed by atoms with Gasteiger partial charge in [-0.05, 0) is 73.9 Å². The number of carbonyl (C=O) groups excluding carboxylic acids is 4. The molecule has 222 valence electrons. The van der Waals surface area contributed by atoms with E-state index in [1.54, 1.807) is 24.3 Å². The summed E-state index contributed by atoms with van der Waals surface area (Å²) in [6.45, 7) is 0.557. The molecule has 2 saturated carbocycles. The van der Waals surface area contributed by atoms with Crippen LogP contribution in [0, 0.1) is 17.7 Å². The summed E-state index contributed by atoms with van der Waals surface area (Å²) in [7, 11) is 0. The molecule has 2 aliphatic carbocycles. The average molecular weight is 577 g/mol. The summed E-state index contributed by atoms with van der Waals surface area (Å²) in [5.41, 5.74) is 0.841. The fraction of sp³-hybridized carbons (Fsp3) is 0.469. The summed E-state index contributed by atoms with van der Waals surface area (Å²) in [5.74, 6) is -1.61. The summed E-state index contributed by atoms with van der Waals surface area (Å²) >= 11 is 0. The molecular formula is C32H37FN4O5. The van der Waals surface area contributed by atoms with E-state index < -0.39 is 29.4 Å². The van der Waals surface area contributed by atoms with Gasteiger partial charge in [0.1, 0.15) is 17.5 Å². The smallest absolute Gasteiger partial charge is 0.275 e. The Kier molecular flexibility index (Phi) is 9.29. The summed E-state index contributed by atoms with van der Waals surface area (Å²) in [6.07, 6.45) is 9.62. The Hall–Kier alpha value is -4.08. The van der Waals surface area contributed by atoms with Crippen molar-refractivity contribution < 1.29 is 23.6 Å². The van der Waals surface area contributed by atoms with Crippen molar-refractivity contribution in [3.8, 4) is 0 Å². The van der Waals surface area contributed by atoms with E-state index in [1.807, 2.05) is 0 Å². The minimum Gasteiger partial charge on any atom is -0.356 e. The molecule has 0 spiro atoms. The first-order valence-corrected chi connectivity index (χ1v) is 14.9. The lowest BCUT2D eigenvalue weighted by Gasteiger charge is -2.25. The largest absolute Gasteiger partial charge is 0.356 e. The maximum atomic E-state index is 14.0. The lowest BCUT2D eigenvalue weighted by atomic mass is 9.95. The highest BCUT2D eigenvalue weighted by molar-refractivity contribution is 5.97. The fourth-order valence-corrected chi connectivity index (χ4v) is 6.22. The molecule has 3 aliphatic rings. The zero-order valence-electron chi connectivity index (χ0n) is 23.6. The van der Waals surface area contributed by atoms with Gasteiger partial charge in [0.15, 0.2) is 5.78 Å². The van der Waals surface area contributed by atoms with Crippen molar-refractivity contribution in [2.45, 2.75) is 76.3 Å². The van der Waals surface area contributed by atoms with Crippen LogP contribution in [0.3, 0.4) is 0 Å². The zero-order chi connectivity index (χ0) is 29.6. The molecule has 1 aliphatic heterocycles. The van der Waals surface area contributed by atoms with E-state index in [-0.39, 0.29) is 41.5 Å². The molecule has 2 aromatic rings. The molecular weight excluding hydrogens is 539 g/mol. The second kappa shape index (κ2) is 13.3. The Balaban J connectivity index is 1.44. The summed E-state index contributed by atoms with van der Waals surface area (Å²) < 4.78 is 14.9. The first kappa shape index (κ1) is 29.4. The second-order valence-corrected chi connectivity index (χ2v) is 11.5. The van der Waals surface area contributed by atoms with Gasteiger partial charge in [-0.25, -0.2) is 4.39 Å². The number of pyridine rings is 1. The normalized spacial score (nSPS) is 21.4. The van der Waals surface area contributed by atoms with Crippen molar-refractivity contribution in [2.75, 3.05) is 11.9 Å². The SMILES string of the molecule is O=C1CCC/C1=C\[C@H](C[C@@H]1CCNC1=O)NC(=O)[C@H](Cc1ccc(F)cc1)n1cccc(NC(=O)C2CCCC2)c1=O. The van der Waals surface area contributed by atoms with Crippen LogP contribution >= 0.6 is 0 Å². The van der Waals surface area contributed by atoms with Crippen molar-refractivity contribution >= 4 is 29.2 Å². The van der Waals surface area contributed by atoms with Crippen LogP contribution in [0.15, 0.2) is 59.0 Å². The molecule has 9 nitrogen and oxygen atoms in total. The molecule has 0 bridgehead atoms. The van der Waals surface area contributed by atoms with E-state index >= 15 is 0 Å². The summed E-state index contributed by atoms with van der Waals surface area (Å²) in [4.78, 5) is 65.2. The minimum atomic E-state index is -1.04. The van der Waals surface area contributed by atoms with E-state index in [2.05, 4.69) is 16.0 Å². The Morgan fingerprint density at radius 1 is 1.02 bits per heavy atom. The number of aromatic nitrogens is 1. The van der Waals surface area contributed by atoms with Gasteiger partial charge in [0.2, 0.25) is 17.7 Å². The third kappa shape index (κ3) is 7.03. The number of anilines is 1. The number of nitrogens with zero attached hydrogens (tertiary/aromatic N) is 1. The highest BCUT2D eigenvalue weighted by Crippen LogP contribution is 2.26. The number of allylic oxidation sites excluding steroid dienone is 1. The van der Waals surface area contributed by atoms with E-state index in [1.165, 1.54) is 29.0 Å². The predicted octanol–water partition coefficient (Wildman–Crippen LogP) is 3.59. The van der Waals surface area contributed by atoms with Crippen LogP contribution in [0.4, 0.5) is 10.1 Å². The van der Waals surface area contributed by atoms with Gasteiger partial charge in [0, 0.05) is 43.5 Å². The Bertz CT molecular complexity index is 1430. The van der Waals surface area contributed by atoms with Crippen molar-refractivity contribution in [1.82, 2.24) is 15.2 Å². The van der Waals surface area contributed by atoms with Gasteiger partial charge in [0.05, 0.1) is 0 Å².